The number of nitrogens with two attached hydrogens (primary N) is 1. The van der Waals surface area contributed by atoms with E-state index < -0.39 is 11.9 Å². The molecule has 1 heterocycles. The fourth-order valence-corrected chi connectivity index (χ4v) is 4.12. The number of carbonyl (C=O) groups is 2. The molecule has 1 atom stereocenters. The Hall–Kier alpha value is -3.74. The Kier molecular flexibility index (Phi) is 6.16. The van der Waals surface area contributed by atoms with Crippen molar-refractivity contribution in [2.75, 3.05) is 14.2 Å². The molecule has 0 unspecified atom stereocenters. The molecule has 166 valence electrons. The van der Waals surface area contributed by atoms with Gasteiger partial charge in [-0.1, -0.05) is 36.4 Å². The molecule has 0 spiro atoms. The first-order valence-electron chi connectivity index (χ1n) is 10.4. The summed E-state index contributed by atoms with van der Waals surface area (Å²) in [7, 11) is 2.81. The predicted molar refractivity (Wildman–Crippen MR) is 117 cm³/mol. The molecule has 0 amide bonds. The minimum absolute atomic E-state index is 0.0429. The number of hydrogen-bond donors (Lipinski definition) is 1. The molecule has 2 N–H and O–H groups in total. The zero-order valence-corrected chi connectivity index (χ0v) is 18.1. The van der Waals surface area contributed by atoms with Gasteiger partial charge in [0.05, 0.1) is 20.1 Å². The molecule has 2 aliphatic rings. The maximum atomic E-state index is 12.8. The lowest BCUT2D eigenvalue weighted by Gasteiger charge is -2.32. The summed E-state index contributed by atoms with van der Waals surface area (Å²) < 4.78 is 22.1. The average Bonchev–Trinajstić information content (AvgIpc) is 2.82. The highest BCUT2D eigenvalue weighted by Crippen LogP contribution is 2.45. The largest absolute Gasteiger partial charge is 0.493 e. The molecule has 7 nitrogen and oxygen atoms in total. The van der Waals surface area contributed by atoms with Gasteiger partial charge in [0, 0.05) is 18.4 Å². The molecule has 7 heteroatoms. The van der Waals surface area contributed by atoms with Gasteiger partial charge in [0.25, 0.3) is 0 Å². The minimum atomic E-state index is -0.698. The van der Waals surface area contributed by atoms with Gasteiger partial charge in [-0.3, -0.25) is 4.79 Å². The fourth-order valence-electron chi connectivity index (χ4n) is 4.12. The number of rotatable bonds is 6. The molecule has 0 fully saturated rings. The van der Waals surface area contributed by atoms with Gasteiger partial charge in [0.15, 0.2) is 17.3 Å². The van der Waals surface area contributed by atoms with Crippen LogP contribution in [0.3, 0.4) is 0 Å². The first-order valence-corrected chi connectivity index (χ1v) is 10.4. The van der Waals surface area contributed by atoms with Crippen LogP contribution in [0, 0.1) is 0 Å². The molecule has 0 aromatic heterocycles. The molecule has 1 aliphatic carbocycles. The SMILES string of the molecule is COC(=O)C1=C(N)OC2=C(C(=O)CCC2)[C@H]1c1ccc(OCc2ccccc2)c(OC)c1. The summed E-state index contributed by atoms with van der Waals surface area (Å²) in [5.74, 6) is 0.106. The topological polar surface area (TPSA) is 97.1 Å². The van der Waals surface area contributed by atoms with Crippen molar-refractivity contribution in [1.82, 2.24) is 0 Å². The van der Waals surface area contributed by atoms with Crippen molar-refractivity contribution in [3.05, 3.63) is 82.4 Å². The highest BCUT2D eigenvalue weighted by Gasteiger charge is 2.41. The Labute approximate surface area is 186 Å². The van der Waals surface area contributed by atoms with E-state index in [4.69, 9.17) is 24.7 Å². The van der Waals surface area contributed by atoms with E-state index in [-0.39, 0.29) is 17.2 Å². The van der Waals surface area contributed by atoms with E-state index >= 15 is 0 Å². The third-order valence-electron chi connectivity index (χ3n) is 5.65. The molecule has 0 radical (unpaired) electrons. The smallest absolute Gasteiger partial charge is 0.340 e. The lowest BCUT2D eigenvalue weighted by molar-refractivity contribution is -0.136. The number of Topliss-reactive ketones (excluding diaryl/α,β-unsaturated/α-hetero) is 1. The highest BCUT2D eigenvalue weighted by molar-refractivity contribution is 6.03. The number of ketones is 1. The molecule has 1 aliphatic heterocycles. The molecule has 4 rings (SSSR count). The minimum Gasteiger partial charge on any atom is -0.493 e. The number of hydrogen-bond acceptors (Lipinski definition) is 7. The Balaban J connectivity index is 1.73. The maximum absolute atomic E-state index is 12.8. The van der Waals surface area contributed by atoms with Crippen molar-refractivity contribution in [3.8, 4) is 11.5 Å². The van der Waals surface area contributed by atoms with Crippen LogP contribution in [-0.2, 0) is 25.7 Å². The first kappa shape index (κ1) is 21.5. The van der Waals surface area contributed by atoms with Crippen LogP contribution < -0.4 is 15.2 Å². The number of allylic oxidation sites excluding steroid dienone is 2. The normalized spacial score (nSPS) is 18.1. The maximum Gasteiger partial charge on any atom is 0.340 e. The third-order valence-corrected chi connectivity index (χ3v) is 5.65. The molecular formula is C25H25NO6. The number of ether oxygens (including phenoxy) is 4. The summed E-state index contributed by atoms with van der Waals surface area (Å²) in [4.78, 5) is 25.4. The first-order chi connectivity index (χ1) is 15.5. The zero-order valence-electron chi connectivity index (χ0n) is 18.1. The predicted octanol–water partition coefficient (Wildman–Crippen LogP) is 3.74. The van der Waals surface area contributed by atoms with Crippen molar-refractivity contribution < 1.29 is 28.5 Å². The van der Waals surface area contributed by atoms with Crippen LogP contribution in [0.5, 0.6) is 11.5 Å². The number of benzene rings is 2. The molecule has 0 saturated heterocycles. The molecule has 2 aromatic carbocycles. The molecule has 0 saturated carbocycles. The van der Waals surface area contributed by atoms with E-state index in [1.165, 1.54) is 7.11 Å². The van der Waals surface area contributed by atoms with Gasteiger partial charge in [-0.25, -0.2) is 4.79 Å². The number of esters is 1. The van der Waals surface area contributed by atoms with E-state index in [0.29, 0.717) is 54.3 Å². The standard InChI is InChI=1S/C25H25NO6/c1-29-20-13-16(11-12-18(20)31-14-15-7-4-3-5-8-15)21-22-17(27)9-6-10-19(22)32-24(26)23(21)25(28)30-2/h3-5,7-8,11-13,21H,6,9-10,14,26H2,1-2H3/t21-/m1/s1. The summed E-state index contributed by atoms with van der Waals surface area (Å²) in [6.07, 6.45) is 1.66. The van der Waals surface area contributed by atoms with Gasteiger partial charge < -0.3 is 24.7 Å². The van der Waals surface area contributed by atoms with E-state index in [9.17, 15) is 9.59 Å². The van der Waals surface area contributed by atoms with Crippen molar-refractivity contribution in [2.24, 2.45) is 5.73 Å². The second kappa shape index (κ2) is 9.18. The van der Waals surface area contributed by atoms with E-state index in [2.05, 4.69) is 0 Å². The quantitative estimate of drug-likeness (QED) is 0.691. The van der Waals surface area contributed by atoms with Crippen LogP contribution >= 0.6 is 0 Å². The van der Waals surface area contributed by atoms with E-state index in [1.807, 2.05) is 36.4 Å². The van der Waals surface area contributed by atoms with Crippen molar-refractivity contribution in [1.29, 1.82) is 0 Å². The van der Waals surface area contributed by atoms with Gasteiger partial charge in [-0.05, 0) is 29.7 Å². The monoisotopic (exact) mass is 435 g/mol. The average molecular weight is 435 g/mol. The van der Waals surface area contributed by atoms with E-state index in [0.717, 1.165) is 5.56 Å². The third kappa shape index (κ3) is 4.06. The lowest BCUT2D eigenvalue weighted by atomic mass is 9.77. The van der Waals surface area contributed by atoms with E-state index in [1.54, 1.807) is 19.2 Å². The van der Waals surface area contributed by atoms with Crippen LogP contribution in [-0.4, -0.2) is 26.0 Å². The number of carbonyl (C=O) groups excluding carboxylic acids is 2. The van der Waals surface area contributed by atoms with Gasteiger partial charge in [-0.15, -0.1) is 0 Å². The summed E-state index contributed by atoms with van der Waals surface area (Å²) in [6, 6.07) is 15.1. The lowest BCUT2D eigenvalue weighted by Crippen LogP contribution is -2.31. The summed E-state index contributed by atoms with van der Waals surface area (Å²) in [6.45, 7) is 0.377. The molecule has 2 aromatic rings. The fraction of sp³-hybridized carbons (Fsp3) is 0.280. The molecule has 32 heavy (non-hydrogen) atoms. The summed E-state index contributed by atoms with van der Waals surface area (Å²) in [5.41, 5.74) is 8.36. The van der Waals surface area contributed by atoms with Crippen molar-refractivity contribution in [2.45, 2.75) is 31.8 Å². The number of methoxy groups -OCH3 is 2. The highest BCUT2D eigenvalue weighted by atomic mass is 16.5. The van der Waals surface area contributed by atoms with Gasteiger partial charge in [0.2, 0.25) is 5.88 Å². The van der Waals surface area contributed by atoms with Gasteiger partial charge in [0.1, 0.15) is 17.9 Å². The Morgan fingerprint density at radius 1 is 1.09 bits per heavy atom. The van der Waals surface area contributed by atoms with Gasteiger partial charge >= 0.3 is 5.97 Å². The van der Waals surface area contributed by atoms with Crippen LogP contribution in [0.2, 0.25) is 0 Å². The van der Waals surface area contributed by atoms with Crippen LogP contribution in [0.25, 0.3) is 0 Å². The zero-order chi connectivity index (χ0) is 22.7. The van der Waals surface area contributed by atoms with Crippen LogP contribution in [0.1, 0.15) is 36.3 Å². The molecule has 0 bridgehead atoms. The van der Waals surface area contributed by atoms with Gasteiger partial charge in [-0.2, -0.15) is 0 Å². The van der Waals surface area contributed by atoms with Crippen molar-refractivity contribution >= 4 is 11.8 Å². The summed E-state index contributed by atoms with van der Waals surface area (Å²) >= 11 is 0. The van der Waals surface area contributed by atoms with Crippen molar-refractivity contribution in [3.63, 3.8) is 0 Å². The Morgan fingerprint density at radius 2 is 1.88 bits per heavy atom. The van der Waals surface area contributed by atoms with Crippen LogP contribution in [0.15, 0.2) is 71.3 Å². The second-order valence-corrected chi connectivity index (χ2v) is 7.60. The summed E-state index contributed by atoms with van der Waals surface area (Å²) in [5, 5.41) is 0. The molecular weight excluding hydrogens is 410 g/mol. The second-order valence-electron chi connectivity index (χ2n) is 7.60. The Bertz CT molecular complexity index is 1100. The van der Waals surface area contributed by atoms with Crippen LogP contribution in [0.4, 0.5) is 0 Å². The Morgan fingerprint density at radius 3 is 2.59 bits per heavy atom.